The molecule has 0 spiro atoms. The predicted molar refractivity (Wildman–Crippen MR) is 58.1 cm³/mol. The lowest BCUT2D eigenvalue weighted by molar-refractivity contribution is 0.0601. The summed E-state index contributed by atoms with van der Waals surface area (Å²) < 4.78 is 30.7. The van der Waals surface area contributed by atoms with Crippen molar-refractivity contribution in [1.29, 1.82) is 0 Å². The number of esters is 1. The van der Waals surface area contributed by atoms with Gasteiger partial charge in [0.25, 0.3) is 0 Å². The minimum Gasteiger partial charge on any atom is -0.465 e. The highest BCUT2D eigenvalue weighted by Crippen LogP contribution is 2.23. The summed E-state index contributed by atoms with van der Waals surface area (Å²) in [6, 6.07) is 1.89. The topological polar surface area (TPSA) is 64.3 Å². The zero-order chi connectivity index (χ0) is 12.3. The molecule has 0 aliphatic carbocycles. The Balaban J connectivity index is 3.32. The number of carbonyl (C=O) groups is 1. The fraction of sp³-hybridized carbons (Fsp3) is 0.111. The van der Waals surface area contributed by atoms with Crippen LogP contribution in [0.15, 0.2) is 12.1 Å². The van der Waals surface area contributed by atoms with Crippen LogP contribution in [0.5, 0.6) is 0 Å². The van der Waals surface area contributed by atoms with E-state index >= 15 is 0 Å². The van der Waals surface area contributed by atoms with Gasteiger partial charge in [-0.15, -0.1) is 0 Å². The first-order valence-corrected chi connectivity index (χ1v) is 4.51. The Bertz CT molecular complexity index is 451. The SMILES string of the molecule is COC(=O)c1ccc(F)c(F)c1NC(N)=S. The van der Waals surface area contributed by atoms with Gasteiger partial charge in [-0.2, -0.15) is 0 Å². The van der Waals surface area contributed by atoms with Crippen molar-refractivity contribution in [3.8, 4) is 0 Å². The maximum Gasteiger partial charge on any atom is 0.340 e. The van der Waals surface area contributed by atoms with Crippen molar-refractivity contribution in [2.45, 2.75) is 0 Å². The molecule has 0 saturated carbocycles. The number of halogens is 2. The van der Waals surface area contributed by atoms with Crippen molar-refractivity contribution in [2.75, 3.05) is 12.4 Å². The van der Waals surface area contributed by atoms with E-state index in [2.05, 4.69) is 22.3 Å². The van der Waals surface area contributed by atoms with E-state index in [-0.39, 0.29) is 10.7 Å². The first-order chi connectivity index (χ1) is 7.47. The van der Waals surface area contributed by atoms with Crippen LogP contribution >= 0.6 is 12.2 Å². The minimum absolute atomic E-state index is 0.186. The number of nitrogens with two attached hydrogens (primary N) is 1. The van der Waals surface area contributed by atoms with Crippen LogP contribution in [0.3, 0.4) is 0 Å². The molecule has 0 bridgehead atoms. The molecule has 4 nitrogen and oxygen atoms in total. The van der Waals surface area contributed by atoms with Gasteiger partial charge in [-0.1, -0.05) is 0 Å². The maximum atomic E-state index is 13.4. The number of benzene rings is 1. The molecule has 0 amide bonds. The van der Waals surface area contributed by atoms with Crippen molar-refractivity contribution in [3.63, 3.8) is 0 Å². The highest BCUT2D eigenvalue weighted by Gasteiger charge is 2.19. The summed E-state index contributed by atoms with van der Waals surface area (Å²) in [5, 5.41) is 1.91. The lowest BCUT2D eigenvalue weighted by Crippen LogP contribution is -2.22. The summed E-state index contributed by atoms with van der Waals surface area (Å²) in [5.41, 5.74) is 4.52. The quantitative estimate of drug-likeness (QED) is 0.610. The van der Waals surface area contributed by atoms with Gasteiger partial charge < -0.3 is 15.8 Å². The average molecular weight is 246 g/mol. The lowest BCUT2D eigenvalue weighted by atomic mass is 10.1. The second-order valence-electron chi connectivity index (χ2n) is 2.76. The summed E-state index contributed by atoms with van der Waals surface area (Å²) in [5.74, 6) is -3.18. The van der Waals surface area contributed by atoms with Crippen LogP contribution in [-0.2, 0) is 4.74 Å². The van der Waals surface area contributed by atoms with E-state index in [0.717, 1.165) is 19.2 Å². The van der Waals surface area contributed by atoms with Gasteiger partial charge in [0.15, 0.2) is 16.7 Å². The van der Waals surface area contributed by atoms with Gasteiger partial charge in [-0.25, -0.2) is 13.6 Å². The molecule has 1 aromatic carbocycles. The number of rotatable bonds is 2. The van der Waals surface area contributed by atoms with Crippen molar-refractivity contribution >= 4 is 29.0 Å². The molecule has 0 heterocycles. The van der Waals surface area contributed by atoms with Gasteiger partial charge >= 0.3 is 5.97 Å². The highest BCUT2D eigenvalue weighted by atomic mass is 32.1. The van der Waals surface area contributed by atoms with Crippen molar-refractivity contribution in [1.82, 2.24) is 0 Å². The molecule has 0 atom stereocenters. The first-order valence-electron chi connectivity index (χ1n) is 4.10. The average Bonchev–Trinajstić information content (AvgIpc) is 2.23. The number of ether oxygens (including phenoxy) is 1. The summed E-state index contributed by atoms with van der Waals surface area (Å²) in [6.07, 6.45) is 0. The molecule has 0 radical (unpaired) electrons. The van der Waals surface area contributed by atoms with E-state index in [4.69, 9.17) is 5.73 Å². The van der Waals surface area contributed by atoms with Gasteiger partial charge in [0.2, 0.25) is 0 Å². The van der Waals surface area contributed by atoms with Gasteiger partial charge in [-0.05, 0) is 24.4 Å². The highest BCUT2D eigenvalue weighted by molar-refractivity contribution is 7.80. The molecule has 0 unspecified atom stereocenters. The number of anilines is 1. The summed E-state index contributed by atoms with van der Waals surface area (Å²) >= 11 is 4.49. The Morgan fingerprint density at radius 2 is 2.12 bits per heavy atom. The van der Waals surface area contributed by atoms with Crippen LogP contribution < -0.4 is 11.1 Å². The molecular formula is C9H8F2N2O2S. The summed E-state index contributed by atoms with van der Waals surface area (Å²) in [4.78, 5) is 11.2. The summed E-state index contributed by atoms with van der Waals surface area (Å²) in [6.45, 7) is 0. The molecular weight excluding hydrogens is 238 g/mol. The van der Waals surface area contributed by atoms with Crippen molar-refractivity contribution in [2.24, 2.45) is 5.73 Å². The molecule has 7 heteroatoms. The van der Waals surface area contributed by atoms with Gasteiger partial charge in [0.1, 0.15) is 0 Å². The fourth-order valence-electron chi connectivity index (χ4n) is 1.08. The first kappa shape index (κ1) is 12.3. The minimum atomic E-state index is -1.24. The molecule has 1 rings (SSSR count). The van der Waals surface area contributed by atoms with Crippen LogP contribution in [0.2, 0.25) is 0 Å². The number of nitrogens with one attached hydrogen (secondary N) is 1. The lowest BCUT2D eigenvalue weighted by Gasteiger charge is -2.10. The zero-order valence-electron chi connectivity index (χ0n) is 8.21. The number of thiocarbonyl (C=S) groups is 1. The van der Waals surface area contributed by atoms with Gasteiger partial charge in [0, 0.05) is 0 Å². The molecule has 0 saturated heterocycles. The molecule has 0 aliphatic rings. The van der Waals surface area contributed by atoms with E-state index < -0.39 is 23.3 Å². The normalized spacial score (nSPS) is 9.69. The van der Waals surface area contributed by atoms with Crippen LogP contribution in [0.25, 0.3) is 0 Å². The van der Waals surface area contributed by atoms with Crippen LogP contribution in [0, 0.1) is 11.6 Å². The van der Waals surface area contributed by atoms with Crippen molar-refractivity contribution < 1.29 is 18.3 Å². The number of hydrogen-bond acceptors (Lipinski definition) is 3. The monoisotopic (exact) mass is 246 g/mol. The third kappa shape index (κ3) is 2.43. The summed E-state index contributed by atoms with van der Waals surface area (Å²) in [7, 11) is 1.12. The van der Waals surface area contributed by atoms with E-state index in [9.17, 15) is 13.6 Å². The molecule has 1 aromatic rings. The van der Waals surface area contributed by atoms with Crippen LogP contribution in [0.1, 0.15) is 10.4 Å². The number of carbonyl (C=O) groups excluding carboxylic acids is 1. The van der Waals surface area contributed by atoms with E-state index in [0.29, 0.717) is 0 Å². The van der Waals surface area contributed by atoms with E-state index in [1.54, 1.807) is 0 Å². The number of hydrogen-bond donors (Lipinski definition) is 2. The van der Waals surface area contributed by atoms with E-state index in [1.807, 2.05) is 0 Å². The Labute approximate surface area is 95.4 Å². The predicted octanol–water partition coefficient (Wildman–Crippen LogP) is 1.41. The zero-order valence-corrected chi connectivity index (χ0v) is 9.03. The number of methoxy groups -OCH3 is 1. The second-order valence-corrected chi connectivity index (χ2v) is 3.20. The molecule has 16 heavy (non-hydrogen) atoms. The molecule has 3 N–H and O–H groups in total. The van der Waals surface area contributed by atoms with Gasteiger partial charge in [-0.3, -0.25) is 0 Å². The third-order valence-electron chi connectivity index (χ3n) is 1.75. The Kier molecular flexibility index (Phi) is 3.73. The Morgan fingerprint density at radius 3 is 2.62 bits per heavy atom. The van der Waals surface area contributed by atoms with Crippen LogP contribution in [-0.4, -0.2) is 18.2 Å². The molecule has 86 valence electrons. The molecule has 0 aliphatic heterocycles. The third-order valence-corrected chi connectivity index (χ3v) is 1.85. The smallest absolute Gasteiger partial charge is 0.340 e. The molecule has 0 aromatic heterocycles. The standard InChI is InChI=1S/C9H8F2N2O2S/c1-15-8(14)4-2-3-5(10)6(11)7(4)13-9(12)16/h2-3H,1H3,(H3,12,13,16). The Hall–Kier alpha value is -1.76. The van der Waals surface area contributed by atoms with E-state index in [1.165, 1.54) is 0 Å². The fourth-order valence-corrected chi connectivity index (χ4v) is 1.18. The Morgan fingerprint density at radius 1 is 1.50 bits per heavy atom. The second kappa shape index (κ2) is 4.84. The van der Waals surface area contributed by atoms with Crippen LogP contribution in [0.4, 0.5) is 14.5 Å². The van der Waals surface area contributed by atoms with Crippen molar-refractivity contribution in [3.05, 3.63) is 29.3 Å². The largest absolute Gasteiger partial charge is 0.465 e. The van der Waals surface area contributed by atoms with Gasteiger partial charge in [0.05, 0.1) is 18.4 Å². The maximum absolute atomic E-state index is 13.4. The molecule has 0 fully saturated rings.